The maximum Gasteiger partial charge on any atom is 0.220 e. The molecule has 1 rings (SSSR count). The van der Waals surface area contributed by atoms with Crippen LogP contribution in [0.2, 0.25) is 0 Å². The van der Waals surface area contributed by atoms with Crippen LogP contribution in [0.3, 0.4) is 0 Å². The molecule has 0 aromatic heterocycles. The van der Waals surface area contributed by atoms with Crippen molar-refractivity contribution in [2.75, 3.05) is 6.54 Å². The van der Waals surface area contributed by atoms with Gasteiger partial charge in [-0.3, -0.25) is 4.79 Å². The molecule has 0 fully saturated rings. The van der Waals surface area contributed by atoms with E-state index in [4.69, 9.17) is 5.73 Å². The van der Waals surface area contributed by atoms with E-state index in [-0.39, 0.29) is 11.9 Å². The summed E-state index contributed by atoms with van der Waals surface area (Å²) >= 11 is 0. The molecule has 1 aromatic carbocycles. The van der Waals surface area contributed by atoms with Crippen molar-refractivity contribution >= 4 is 5.91 Å². The van der Waals surface area contributed by atoms with Gasteiger partial charge >= 0.3 is 0 Å². The summed E-state index contributed by atoms with van der Waals surface area (Å²) in [6.07, 6.45) is 2.48. The van der Waals surface area contributed by atoms with Gasteiger partial charge in [-0.05, 0) is 37.8 Å². The van der Waals surface area contributed by atoms with Crippen LogP contribution in [0.4, 0.5) is 0 Å². The van der Waals surface area contributed by atoms with Gasteiger partial charge in [0.05, 0.1) is 6.04 Å². The third-order valence-corrected chi connectivity index (χ3v) is 3.20. The topological polar surface area (TPSA) is 55.1 Å². The number of benzene rings is 1. The van der Waals surface area contributed by atoms with E-state index in [0.717, 1.165) is 18.4 Å². The van der Waals surface area contributed by atoms with Crippen molar-refractivity contribution in [2.45, 2.75) is 39.2 Å². The van der Waals surface area contributed by atoms with Crippen LogP contribution in [0.1, 0.15) is 44.7 Å². The Morgan fingerprint density at radius 3 is 2.50 bits per heavy atom. The summed E-state index contributed by atoms with van der Waals surface area (Å²) in [5, 5.41) is 3.02. The number of rotatable bonds is 7. The van der Waals surface area contributed by atoms with Crippen molar-refractivity contribution in [1.29, 1.82) is 0 Å². The molecule has 18 heavy (non-hydrogen) atoms. The van der Waals surface area contributed by atoms with Gasteiger partial charge in [-0.15, -0.1) is 0 Å². The summed E-state index contributed by atoms with van der Waals surface area (Å²) in [5.41, 5.74) is 6.63. The Bertz CT molecular complexity index is 351. The van der Waals surface area contributed by atoms with Crippen LogP contribution in [0.15, 0.2) is 30.3 Å². The Morgan fingerprint density at radius 2 is 1.89 bits per heavy atom. The third-order valence-electron chi connectivity index (χ3n) is 3.20. The lowest BCUT2D eigenvalue weighted by molar-refractivity contribution is -0.122. The summed E-state index contributed by atoms with van der Waals surface area (Å²) in [6, 6.07) is 10.1. The van der Waals surface area contributed by atoms with Gasteiger partial charge in [-0.25, -0.2) is 0 Å². The minimum atomic E-state index is 0.0727. The molecule has 0 aliphatic carbocycles. The molecule has 0 aliphatic heterocycles. The highest BCUT2D eigenvalue weighted by Crippen LogP contribution is 2.13. The van der Waals surface area contributed by atoms with E-state index >= 15 is 0 Å². The fourth-order valence-corrected chi connectivity index (χ4v) is 1.95. The highest BCUT2D eigenvalue weighted by molar-refractivity contribution is 5.76. The SMILES string of the molecule is CC(CCN)CCC(=O)N[C@@H](C)c1ccccc1. The first-order chi connectivity index (χ1) is 8.63. The molecule has 0 saturated carbocycles. The van der Waals surface area contributed by atoms with Crippen molar-refractivity contribution in [3.8, 4) is 0 Å². The van der Waals surface area contributed by atoms with Gasteiger partial charge in [0.2, 0.25) is 5.91 Å². The normalized spacial score (nSPS) is 13.9. The number of amides is 1. The van der Waals surface area contributed by atoms with E-state index in [1.807, 2.05) is 37.3 Å². The van der Waals surface area contributed by atoms with E-state index in [9.17, 15) is 4.79 Å². The minimum Gasteiger partial charge on any atom is -0.350 e. The maximum atomic E-state index is 11.8. The van der Waals surface area contributed by atoms with Gasteiger partial charge in [0, 0.05) is 6.42 Å². The van der Waals surface area contributed by atoms with Crippen LogP contribution in [0.5, 0.6) is 0 Å². The predicted molar refractivity (Wildman–Crippen MR) is 75.1 cm³/mol. The highest BCUT2D eigenvalue weighted by Gasteiger charge is 2.10. The van der Waals surface area contributed by atoms with E-state index < -0.39 is 0 Å². The van der Waals surface area contributed by atoms with Gasteiger partial charge in [0.15, 0.2) is 0 Å². The van der Waals surface area contributed by atoms with Crippen molar-refractivity contribution in [3.63, 3.8) is 0 Å². The van der Waals surface area contributed by atoms with Crippen molar-refractivity contribution in [3.05, 3.63) is 35.9 Å². The highest BCUT2D eigenvalue weighted by atomic mass is 16.1. The summed E-state index contributed by atoms with van der Waals surface area (Å²) in [5.74, 6) is 0.642. The van der Waals surface area contributed by atoms with Crippen LogP contribution in [0.25, 0.3) is 0 Å². The quantitative estimate of drug-likeness (QED) is 0.779. The van der Waals surface area contributed by atoms with Crippen molar-refractivity contribution in [1.82, 2.24) is 5.32 Å². The van der Waals surface area contributed by atoms with E-state index in [1.54, 1.807) is 0 Å². The average Bonchev–Trinajstić information content (AvgIpc) is 2.38. The molecule has 3 heteroatoms. The standard InChI is InChI=1S/C15H24N2O/c1-12(10-11-16)8-9-15(18)17-13(2)14-6-4-3-5-7-14/h3-7,12-13H,8-11,16H2,1-2H3,(H,17,18)/t12?,13-/m0/s1. The average molecular weight is 248 g/mol. The Kier molecular flexibility index (Phi) is 6.44. The smallest absolute Gasteiger partial charge is 0.220 e. The van der Waals surface area contributed by atoms with Gasteiger partial charge in [0.1, 0.15) is 0 Å². The molecule has 1 aromatic rings. The first-order valence-corrected chi connectivity index (χ1v) is 6.68. The second-order valence-electron chi connectivity index (χ2n) is 4.92. The first kappa shape index (κ1) is 14.7. The van der Waals surface area contributed by atoms with Crippen LogP contribution >= 0.6 is 0 Å². The number of carbonyl (C=O) groups excluding carboxylic acids is 1. The molecule has 3 nitrogen and oxygen atoms in total. The van der Waals surface area contributed by atoms with E-state index in [1.165, 1.54) is 0 Å². The maximum absolute atomic E-state index is 11.8. The fraction of sp³-hybridized carbons (Fsp3) is 0.533. The van der Waals surface area contributed by atoms with E-state index in [2.05, 4.69) is 12.2 Å². The molecular formula is C15H24N2O. The molecule has 0 aliphatic rings. The zero-order valence-electron chi connectivity index (χ0n) is 11.4. The number of carbonyl (C=O) groups is 1. The number of hydrogen-bond donors (Lipinski definition) is 2. The molecule has 0 saturated heterocycles. The molecule has 1 amide bonds. The summed E-state index contributed by atoms with van der Waals surface area (Å²) in [4.78, 5) is 11.8. The molecular weight excluding hydrogens is 224 g/mol. The second-order valence-corrected chi connectivity index (χ2v) is 4.92. The largest absolute Gasteiger partial charge is 0.350 e. The van der Waals surface area contributed by atoms with Crippen LogP contribution in [-0.2, 0) is 4.79 Å². The molecule has 0 radical (unpaired) electrons. The molecule has 0 spiro atoms. The van der Waals surface area contributed by atoms with Crippen LogP contribution < -0.4 is 11.1 Å². The molecule has 100 valence electrons. The number of hydrogen-bond acceptors (Lipinski definition) is 2. The Balaban J connectivity index is 2.32. The lowest BCUT2D eigenvalue weighted by Gasteiger charge is -2.15. The van der Waals surface area contributed by atoms with Crippen molar-refractivity contribution < 1.29 is 4.79 Å². The third kappa shape index (κ3) is 5.32. The lowest BCUT2D eigenvalue weighted by atomic mass is 10.0. The number of nitrogens with one attached hydrogen (secondary N) is 1. The Hall–Kier alpha value is -1.35. The number of nitrogens with two attached hydrogens (primary N) is 1. The second kappa shape index (κ2) is 7.88. The monoisotopic (exact) mass is 248 g/mol. The Morgan fingerprint density at radius 1 is 1.22 bits per heavy atom. The van der Waals surface area contributed by atoms with Crippen molar-refractivity contribution in [2.24, 2.45) is 11.7 Å². The first-order valence-electron chi connectivity index (χ1n) is 6.68. The molecule has 3 N–H and O–H groups in total. The molecule has 0 bridgehead atoms. The van der Waals surface area contributed by atoms with Gasteiger partial charge < -0.3 is 11.1 Å². The van der Waals surface area contributed by atoms with E-state index in [0.29, 0.717) is 18.9 Å². The predicted octanol–water partition coefficient (Wildman–Crippen LogP) is 2.63. The zero-order chi connectivity index (χ0) is 13.4. The van der Waals surface area contributed by atoms with Gasteiger partial charge in [-0.2, -0.15) is 0 Å². The van der Waals surface area contributed by atoms with Gasteiger partial charge in [-0.1, -0.05) is 37.3 Å². The zero-order valence-corrected chi connectivity index (χ0v) is 11.4. The minimum absolute atomic E-state index is 0.0727. The summed E-state index contributed by atoms with van der Waals surface area (Å²) in [7, 11) is 0. The Labute approximate surface area is 110 Å². The van der Waals surface area contributed by atoms with Gasteiger partial charge in [0.25, 0.3) is 0 Å². The van der Waals surface area contributed by atoms with Crippen LogP contribution in [0, 0.1) is 5.92 Å². The lowest BCUT2D eigenvalue weighted by Crippen LogP contribution is -2.26. The summed E-state index contributed by atoms with van der Waals surface area (Å²) < 4.78 is 0. The molecule has 1 unspecified atom stereocenters. The van der Waals surface area contributed by atoms with Crippen LogP contribution in [-0.4, -0.2) is 12.5 Å². The fourth-order valence-electron chi connectivity index (χ4n) is 1.95. The summed E-state index contributed by atoms with van der Waals surface area (Å²) in [6.45, 7) is 4.85. The molecule has 0 heterocycles. The molecule has 2 atom stereocenters.